The number of carbonyl (C=O) groups is 2. The Morgan fingerprint density at radius 2 is 2.03 bits per heavy atom. The summed E-state index contributed by atoms with van der Waals surface area (Å²) in [5, 5.41) is 12.6. The highest BCUT2D eigenvalue weighted by Gasteiger charge is 2.22. The average Bonchev–Trinajstić information content (AvgIpc) is 3.32. The third kappa shape index (κ3) is 4.77. The zero-order valence-corrected chi connectivity index (χ0v) is 20.0. The fourth-order valence-electron chi connectivity index (χ4n) is 4.24. The number of fused-ring (bicyclic) bond motifs is 1. The van der Waals surface area contributed by atoms with Gasteiger partial charge in [-0.2, -0.15) is 0 Å². The number of methoxy groups -OCH3 is 1. The van der Waals surface area contributed by atoms with Crippen LogP contribution in [0.3, 0.4) is 0 Å². The number of morpholine rings is 1. The largest absolute Gasteiger partial charge is 0.494 e. The van der Waals surface area contributed by atoms with Gasteiger partial charge in [0.15, 0.2) is 5.13 Å². The van der Waals surface area contributed by atoms with E-state index < -0.39 is 6.09 Å². The Balaban J connectivity index is 1.41. The summed E-state index contributed by atoms with van der Waals surface area (Å²) in [6.07, 6.45) is 3.25. The van der Waals surface area contributed by atoms with Crippen LogP contribution >= 0.6 is 11.3 Å². The summed E-state index contributed by atoms with van der Waals surface area (Å²) in [7, 11) is 1.58. The van der Waals surface area contributed by atoms with E-state index in [1.165, 1.54) is 16.2 Å². The lowest BCUT2D eigenvalue weighted by Gasteiger charge is -2.27. The number of nitrogens with one attached hydrogen (secondary N) is 1. The number of ether oxygens (including phenoxy) is 2. The molecule has 0 unspecified atom stereocenters. The minimum atomic E-state index is -0.921. The van der Waals surface area contributed by atoms with Gasteiger partial charge in [-0.1, -0.05) is 17.4 Å². The van der Waals surface area contributed by atoms with E-state index >= 15 is 0 Å². The lowest BCUT2D eigenvalue weighted by atomic mass is 9.99. The smallest absolute Gasteiger partial charge is 0.407 e. The van der Waals surface area contributed by atoms with Gasteiger partial charge in [0.1, 0.15) is 17.1 Å². The fourth-order valence-corrected chi connectivity index (χ4v) is 5.26. The van der Waals surface area contributed by atoms with Gasteiger partial charge in [0.25, 0.3) is 5.91 Å². The molecule has 0 radical (unpaired) electrons. The monoisotopic (exact) mass is 495 g/mol. The number of rotatable bonds is 5. The lowest BCUT2D eigenvalue weighted by molar-refractivity contribution is 0.102. The van der Waals surface area contributed by atoms with Gasteiger partial charge in [0, 0.05) is 37.9 Å². The number of aromatic nitrogens is 2. The second-order valence-electron chi connectivity index (χ2n) is 8.18. The van der Waals surface area contributed by atoms with Crippen LogP contribution in [0.5, 0.6) is 5.75 Å². The maximum Gasteiger partial charge on any atom is 0.407 e. The van der Waals surface area contributed by atoms with E-state index in [1.807, 2.05) is 18.2 Å². The molecule has 1 fully saturated rings. The molecule has 10 nitrogen and oxygen atoms in total. The molecule has 2 aliphatic heterocycles. The molecule has 4 heterocycles. The summed E-state index contributed by atoms with van der Waals surface area (Å²) in [4.78, 5) is 36.8. The van der Waals surface area contributed by atoms with Crippen LogP contribution in [0.15, 0.2) is 36.5 Å². The molecule has 2 N–H and O–H groups in total. The number of nitrogens with zero attached hydrogens (tertiary/aromatic N) is 4. The van der Waals surface area contributed by atoms with Crippen LogP contribution in [0.2, 0.25) is 0 Å². The number of hydrogen-bond acceptors (Lipinski definition) is 8. The van der Waals surface area contributed by atoms with E-state index in [0.29, 0.717) is 54.7 Å². The van der Waals surface area contributed by atoms with Gasteiger partial charge >= 0.3 is 6.09 Å². The van der Waals surface area contributed by atoms with Crippen molar-refractivity contribution in [2.45, 2.75) is 6.42 Å². The molecule has 11 heteroatoms. The Bertz CT molecular complexity index is 1300. The molecule has 182 valence electrons. The number of hydrogen-bond donors (Lipinski definition) is 2. The van der Waals surface area contributed by atoms with Crippen molar-refractivity contribution in [2.75, 3.05) is 56.7 Å². The Morgan fingerprint density at radius 3 is 2.74 bits per heavy atom. The number of amides is 2. The molecule has 0 spiro atoms. The highest BCUT2D eigenvalue weighted by atomic mass is 32.1. The molecule has 2 amide bonds. The predicted octanol–water partition coefficient (Wildman–Crippen LogP) is 3.56. The van der Waals surface area contributed by atoms with Gasteiger partial charge in [-0.15, -0.1) is 0 Å². The molecule has 5 rings (SSSR count). The van der Waals surface area contributed by atoms with Crippen LogP contribution in [-0.4, -0.2) is 78.5 Å². The normalized spacial score (nSPS) is 16.2. The minimum absolute atomic E-state index is 0.268. The summed E-state index contributed by atoms with van der Waals surface area (Å²) >= 11 is 1.37. The minimum Gasteiger partial charge on any atom is -0.494 e. The van der Waals surface area contributed by atoms with Gasteiger partial charge in [0.2, 0.25) is 0 Å². The number of carboxylic acid groups (broad SMARTS) is 1. The third-order valence-corrected chi connectivity index (χ3v) is 7.12. The van der Waals surface area contributed by atoms with E-state index in [-0.39, 0.29) is 5.91 Å². The highest BCUT2D eigenvalue weighted by molar-refractivity contribution is 7.22. The van der Waals surface area contributed by atoms with Crippen molar-refractivity contribution in [1.29, 1.82) is 0 Å². The van der Waals surface area contributed by atoms with Crippen LogP contribution in [0.1, 0.15) is 22.3 Å². The Morgan fingerprint density at radius 1 is 1.20 bits per heavy atom. The van der Waals surface area contributed by atoms with Gasteiger partial charge in [0.05, 0.1) is 25.0 Å². The van der Waals surface area contributed by atoms with Gasteiger partial charge in [-0.05, 0) is 41.8 Å². The molecule has 0 saturated carbocycles. The summed E-state index contributed by atoms with van der Waals surface area (Å²) < 4.78 is 11.8. The molecule has 3 aromatic rings. The van der Waals surface area contributed by atoms with Crippen molar-refractivity contribution in [3.05, 3.63) is 47.7 Å². The second-order valence-corrected chi connectivity index (χ2v) is 9.18. The zero-order valence-electron chi connectivity index (χ0n) is 19.2. The number of anilines is 2. The summed E-state index contributed by atoms with van der Waals surface area (Å²) in [5.74, 6) is 1.09. The fraction of sp³-hybridized carbons (Fsp3) is 0.333. The molecular weight excluding hydrogens is 470 g/mol. The van der Waals surface area contributed by atoms with E-state index in [0.717, 1.165) is 34.7 Å². The number of pyridine rings is 1. The van der Waals surface area contributed by atoms with Gasteiger partial charge in [-0.25, -0.2) is 14.8 Å². The van der Waals surface area contributed by atoms with Crippen LogP contribution in [0.25, 0.3) is 15.8 Å². The first kappa shape index (κ1) is 23.1. The van der Waals surface area contributed by atoms with Crippen LogP contribution in [0.4, 0.5) is 15.7 Å². The predicted molar refractivity (Wildman–Crippen MR) is 134 cm³/mol. The third-order valence-electron chi connectivity index (χ3n) is 6.12. The molecule has 1 aromatic carbocycles. The first-order chi connectivity index (χ1) is 17.0. The van der Waals surface area contributed by atoms with Crippen molar-refractivity contribution >= 4 is 50.1 Å². The van der Waals surface area contributed by atoms with E-state index in [2.05, 4.69) is 20.2 Å². The molecule has 2 aromatic heterocycles. The van der Waals surface area contributed by atoms with Crippen molar-refractivity contribution in [1.82, 2.24) is 14.9 Å². The SMILES string of the molecule is COc1ccc(C2=CCN(C(=O)O)CC2)c2sc(NC(=O)c3ccnc(N4CCOCC4)c3)nc12. The summed E-state index contributed by atoms with van der Waals surface area (Å²) in [6, 6.07) is 7.27. The first-order valence-corrected chi connectivity index (χ1v) is 12.1. The number of benzene rings is 1. The molecular formula is C24H25N5O5S. The van der Waals surface area contributed by atoms with Crippen molar-refractivity contribution < 1.29 is 24.2 Å². The summed E-state index contributed by atoms with van der Waals surface area (Å²) in [6.45, 7) is 3.52. The molecule has 0 aliphatic carbocycles. The standard InChI is InChI=1S/C24H25N5O5S/c1-33-18-3-2-17(15-5-8-29(9-6-15)24(31)32)21-20(18)26-23(35-21)27-22(30)16-4-7-25-19(14-16)28-10-12-34-13-11-28/h2-5,7,14H,6,8-13H2,1H3,(H,31,32)(H,26,27,30). The average molecular weight is 496 g/mol. The topological polar surface area (TPSA) is 117 Å². The van der Waals surface area contributed by atoms with Gasteiger partial charge in [-0.3, -0.25) is 10.1 Å². The maximum absolute atomic E-state index is 13.0. The van der Waals surface area contributed by atoms with E-state index in [9.17, 15) is 14.7 Å². The van der Waals surface area contributed by atoms with Crippen molar-refractivity contribution in [2.24, 2.45) is 0 Å². The Labute approximate surface area is 205 Å². The molecule has 0 atom stereocenters. The van der Waals surface area contributed by atoms with Crippen LogP contribution in [0, 0.1) is 0 Å². The highest BCUT2D eigenvalue weighted by Crippen LogP contribution is 2.39. The Kier molecular flexibility index (Phi) is 6.51. The second kappa shape index (κ2) is 9.88. The van der Waals surface area contributed by atoms with E-state index in [1.54, 1.807) is 25.4 Å². The molecule has 1 saturated heterocycles. The van der Waals surface area contributed by atoms with E-state index in [4.69, 9.17) is 9.47 Å². The van der Waals surface area contributed by atoms with Crippen LogP contribution in [-0.2, 0) is 4.74 Å². The number of carbonyl (C=O) groups excluding carboxylic acids is 1. The molecule has 0 bridgehead atoms. The maximum atomic E-state index is 13.0. The molecule has 2 aliphatic rings. The molecule has 35 heavy (non-hydrogen) atoms. The van der Waals surface area contributed by atoms with Crippen LogP contribution < -0.4 is 15.0 Å². The lowest BCUT2D eigenvalue weighted by Crippen LogP contribution is -2.36. The quantitative estimate of drug-likeness (QED) is 0.552. The van der Waals surface area contributed by atoms with Crippen molar-refractivity contribution in [3.8, 4) is 5.75 Å². The first-order valence-electron chi connectivity index (χ1n) is 11.3. The van der Waals surface area contributed by atoms with Crippen molar-refractivity contribution in [3.63, 3.8) is 0 Å². The van der Waals surface area contributed by atoms with Gasteiger partial charge < -0.3 is 24.4 Å². The Hall–Kier alpha value is -3.70. The summed E-state index contributed by atoms with van der Waals surface area (Å²) in [5.41, 5.74) is 3.19. The zero-order chi connectivity index (χ0) is 24.4. The number of thiazole rings is 1.